The molecule has 1 aromatic heterocycles. The second kappa shape index (κ2) is 7.65. The molecule has 1 fully saturated rings. The van der Waals surface area contributed by atoms with Gasteiger partial charge in [0.05, 0.1) is 11.5 Å². The number of rotatable bonds is 3. The van der Waals surface area contributed by atoms with Gasteiger partial charge < -0.3 is 4.90 Å². The predicted molar refractivity (Wildman–Crippen MR) is 117 cm³/mol. The van der Waals surface area contributed by atoms with E-state index < -0.39 is 11.5 Å². The van der Waals surface area contributed by atoms with E-state index in [0.29, 0.717) is 10.7 Å². The number of nitrogens with zero attached hydrogens (tertiary/aromatic N) is 3. The van der Waals surface area contributed by atoms with Crippen LogP contribution in [0.25, 0.3) is 0 Å². The number of fused-ring (bicyclic) bond motifs is 1. The van der Waals surface area contributed by atoms with Gasteiger partial charge in [0, 0.05) is 11.3 Å². The highest BCUT2D eigenvalue weighted by Gasteiger charge is 2.55. The minimum absolute atomic E-state index is 0.0290. The van der Waals surface area contributed by atoms with Gasteiger partial charge in [0.2, 0.25) is 11.0 Å². The van der Waals surface area contributed by atoms with Crippen molar-refractivity contribution in [2.45, 2.75) is 43.6 Å². The Balaban J connectivity index is 1.70. The van der Waals surface area contributed by atoms with Crippen LogP contribution in [0.3, 0.4) is 0 Å². The maximum Gasteiger partial charge on any atom is 0.259 e. The first kappa shape index (κ1) is 18.9. The van der Waals surface area contributed by atoms with Crippen LogP contribution in [0.2, 0.25) is 0 Å². The van der Waals surface area contributed by atoms with Crippen molar-refractivity contribution in [3.05, 3.63) is 71.2 Å². The van der Waals surface area contributed by atoms with Crippen LogP contribution in [0.1, 0.15) is 53.9 Å². The molecule has 152 valence electrons. The first-order valence-corrected chi connectivity index (χ1v) is 11.1. The fraction of sp³-hybridized carbons (Fsp3) is 0.304. The molecule has 0 bridgehead atoms. The third-order valence-electron chi connectivity index (χ3n) is 6.27. The van der Waals surface area contributed by atoms with E-state index in [9.17, 15) is 9.59 Å². The van der Waals surface area contributed by atoms with E-state index in [-0.39, 0.29) is 11.8 Å². The van der Waals surface area contributed by atoms with E-state index in [0.717, 1.165) is 43.4 Å². The van der Waals surface area contributed by atoms with Crippen LogP contribution in [0.15, 0.2) is 60.1 Å². The molecule has 1 N–H and O–H groups in total. The third kappa shape index (κ3) is 3.01. The highest BCUT2D eigenvalue weighted by Crippen LogP contribution is 2.51. The van der Waals surface area contributed by atoms with Gasteiger partial charge in [0.1, 0.15) is 5.51 Å². The SMILES string of the molecule is O=C(Nc1nncs1)[C@H]1c2ccccc2C(=O)N(c2ccccc2)C12CCCCC2. The van der Waals surface area contributed by atoms with Crippen LogP contribution in [0, 0.1) is 0 Å². The number of aromatic nitrogens is 2. The maximum absolute atomic E-state index is 13.7. The van der Waals surface area contributed by atoms with E-state index in [4.69, 9.17) is 0 Å². The van der Waals surface area contributed by atoms with Crippen molar-refractivity contribution in [2.75, 3.05) is 10.2 Å². The molecule has 0 unspecified atom stereocenters. The molecule has 1 atom stereocenters. The van der Waals surface area contributed by atoms with E-state index >= 15 is 0 Å². The van der Waals surface area contributed by atoms with Crippen molar-refractivity contribution in [1.82, 2.24) is 10.2 Å². The first-order valence-electron chi connectivity index (χ1n) is 10.3. The summed E-state index contributed by atoms with van der Waals surface area (Å²) in [7, 11) is 0. The second-order valence-corrected chi connectivity index (χ2v) is 8.73. The zero-order valence-electron chi connectivity index (χ0n) is 16.5. The Kier molecular flexibility index (Phi) is 4.83. The van der Waals surface area contributed by atoms with Gasteiger partial charge in [-0.05, 0) is 36.6 Å². The summed E-state index contributed by atoms with van der Waals surface area (Å²) in [5.41, 5.74) is 3.24. The third-order valence-corrected chi connectivity index (χ3v) is 6.88. The topological polar surface area (TPSA) is 75.2 Å². The van der Waals surface area contributed by atoms with Crippen molar-refractivity contribution < 1.29 is 9.59 Å². The molecular formula is C23H22N4O2S. The summed E-state index contributed by atoms with van der Waals surface area (Å²) in [5, 5.41) is 11.3. The van der Waals surface area contributed by atoms with Gasteiger partial charge in [-0.15, -0.1) is 10.2 Å². The fourth-order valence-electron chi connectivity index (χ4n) is 5.10. The summed E-state index contributed by atoms with van der Waals surface area (Å²) in [6.07, 6.45) is 4.67. The van der Waals surface area contributed by atoms with Crippen molar-refractivity contribution in [1.29, 1.82) is 0 Å². The van der Waals surface area contributed by atoms with Crippen LogP contribution >= 0.6 is 11.3 Å². The molecular weight excluding hydrogens is 396 g/mol. The summed E-state index contributed by atoms with van der Waals surface area (Å²) in [6.45, 7) is 0. The Hall–Kier alpha value is -3.06. The van der Waals surface area contributed by atoms with Gasteiger partial charge in [-0.1, -0.05) is 67.0 Å². The number of carbonyl (C=O) groups excluding carboxylic acids is 2. The van der Waals surface area contributed by atoms with Crippen molar-refractivity contribution in [3.8, 4) is 0 Å². The minimum Gasteiger partial charge on any atom is -0.301 e. The highest BCUT2D eigenvalue weighted by atomic mass is 32.1. The predicted octanol–water partition coefficient (Wildman–Crippen LogP) is 4.62. The Morgan fingerprint density at radius 3 is 2.50 bits per heavy atom. The van der Waals surface area contributed by atoms with E-state index in [2.05, 4.69) is 15.5 Å². The first-order chi connectivity index (χ1) is 14.7. The summed E-state index contributed by atoms with van der Waals surface area (Å²) in [5.74, 6) is -0.635. The van der Waals surface area contributed by atoms with Crippen LogP contribution in [0.4, 0.5) is 10.8 Å². The van der Waals surface area contributed by atoms with Gasteiger partial charge in [-0.3, -0.25) is 14.9 Å². The summed E-state index contributed by atoms with van der Waals surface area (Å²) >= 11 is 1.29. The number of nitrogens with one attached hydrogen (secondary N) is 1. The molecule has 0 radical (unpaired) electrons. The van der Waals surface area contributed by atoms with Crippen LogP contribution in [-0.2, 0) is 4.79 Å². The van der Waals surface area contributed by atoms with E-state index in [1.54, 1.807) is 5.51 Å². The fourth-order valence-corrected chi connectivity index (χ4v) is 5.55. The average molecular weight is 419 g/mol. The Labute approximate surface area is 178 Å². The number of anilines is 2. The Morgan fingerprint density at radius 1 is 1.03 bits per heavy atom. The normalized spacial score (nSPS) is 20.1. The van der Waals surface area contributed by atoms with Crippen LogP contribution in [0.5, 0.6) is 0 Å². The smallest absolute Gasteiger partial charge is 0.259 e. The number of para-hydroxylation sites is 1. The molecule has 5 rings (SSSR count). The molecule has 1 aliphatic carbocycles. The lowest BCUT2D eigenvalue weighted by molar-refractivity contribution is -0.119. The van der Waals surface area contributed by atoms with Crippen molar-refractivity contribution in [2.24, 2.45) is 0 Å². The largest absolute Gasteiger partial charge is 0.301 e. The molecule has 2 aromatic carbocycles. The lowest BCUT2D eigenvalue weighted by Crippen LogP contribution is -2.62. The standard InChI is InChI=1S/C23H22N4O2S/c28-20(25-22-26-24-15-30-22)19-17-11-5-6-12-18(17)21(29)27(16-9-3-1-4-10-16)23(19)13-7-2-8-14-23/h1,3-6,9-12,15,19H,2,7-8,13-14H2,(H,25,26,28)/t19-/m1/s1. The monoisotopic (exact) mass is 418 g/mol. The van der Waals surface area contributed by atoms with Gasteiger partial charge in [-0.2, -0.15) is 0 Å². The Bertz CT molecular complexity index is 1060. The summed E-state index contributed by atoms with van der Waals surface area (Å²) < 4.78 is 0. The van der Waals surface area contributed by atoms with Crippen LogP contribution in [-0.4, -0.2) is 27.6 Å². The number of benzene rings is 2. The molecule has 30 heavy (non-hydrogen) atoms. The summed E-state index contributed by atoms with van der Waals surface area (Å²) in [6, 6.07) is 17.3. The lowest BCUT2D eigenvalue weighted by Gasteiger charge is -2.53. The average Bonchev–Trinajstić information content (AvgIpc) is 3.28. The molecule has 2 aliphatic rings. The van der Waals surface area contributed by atoms with Crippen molar-refractivity contribution in [3.63, 3.8) is 0 Å². The van der Waals surface area contributed by atoms with Gasteiger partial charge >= 0.3 is 0 Å². The number of hydrogen-bond acceptors (Lipinski definition) is 5. The van der Waals surface area contributed by atoms with E-state index in [1.807, 2.05) is 59.5 Å². The zero-order chi connectivity index (χ0) is 20.6. The number of carbonyl (C=O) groups is 2. The van der Waals surface area contributed by atoms with Crippen LogP contribution < -0.4 is 10.2 Å². The molecule has 2 heterocycles. The number of amides is 2. The zero-order valence-corrected chi connectivity index (χ0v) is 17.3. The number of hydrogen-bond donors (Lipinski definition) is 1. The Morgan fingerprint density at radius 2 is 1.77 bits per heavy atom. The quantitative estimate of drug-likeness (QED) is 0.673. The minimum atomic E-state index is -0.597. The molecule has 6 nitrogen and oxygen atoms in total. The van der Waals surface area contributed by atoms with Gasteiger partial charge in [0.25, 0.3) is 5.91 Å². The van der Waals surface area contributed by atoms with E-state index in [1.165, 1.54) is 11.3 Å². The molecule has 1 spiro atoms. The van der Waals surface area contributed by atoms with Gasteiger partial charge in [-0.25, -0.2) is 0 Å². The lowest BCUT2D eigenvalue weighted by atomic mass is 9.65. The molecule has 1 aliphatic heterocycles. The summed E-state index contributed by atoms with van der Waals surface area (Å²) in [4.78, 5) is 29.3. The molecule has 7 heteroatoms. The second-order valence-electron chi connectivity index (χ2n) is 7.89. The molecule has 0 saturated heterocycles. The van der Waals surface area contributed by atoms with Crippen molar-refractivity contribution >= 4 is 34.0 Å². The highest BCUT2D eigenvalue weighted by molar-refractivity contribution is 7.13. The molecule has 2 amide bonds. The maximum atomic E-state index is 13.7. The molecule has 3 aromatic rings. The van der Waals surface area contributed by atoms with Gasteiger partial charge in [0.15, 0.2) is 0 Å². The molecule has 1 saturated carbocycles.